The average molecular weight is 384 g/mol. The number of azide groups is 1. The first-order chi connectivity index (χ1) is 12.9. The molecule has 142 valence electrons. The molecule has 0 spiro atoms. The van der Waals surface area contributed by atoms with E-state index in [1.807, 2.05) is 36.4 Å². The van der Waals surface area contributed by atoms with Crippen LogP contribution in [0, 0.1) is 0 Å². The number of aliphatic hydroxyl groups excluding tert-OH is 1. The molecule has 2 aromatic rings. The van der Waals surface area contributed by atoms with Crippen LogP contribution in [0.15, 0.2) is 65.8 Å². The van der Waals surface area contributed by atoms with Gasteiger partial charge in [0.05, 0.1) is 12.6 Å². The zero-order valence-electron chi connectivity index (χ0n) is 15.8. The fourth-order valence-electron chi connectivity index (χ4n) is 3.77. The minimum Gasteiger partial charge on any atom is -0.399 e. The van der Waals surface area contributed by atoms with Crippen molar-refractivity contribution in [1.82, 2.24) is 0 Å². The first-order valence-corrected chi connectivity index (χ1v) is 10.9. The Balaban J connectivity index is 2.19. The summed E-state index contributed by atoms with van der Waals surface area (Å²) in [5.74, 6) is 0. The predicted molar refractivity (Wildman–Crippen MR) is 107 cm³/mol. The van der Waals surface area contributed by atoms with E-state index in [4.69, 9.17) is 14.7 Å². The van der Waals surface area contributed by atoms with E-state index < -0.39 is 26.8 Å². The molecule has 0 aliphatic carbocycles. The molecule has 0 amide bonds. The topological polar surface area (TPSA) is 87.5 Å². The molecule has 2 aromatic carbocycles. The van der Waals surface area contributed by atoms with E-state index in [2.05, 4.69) is 55.1 Å². The number of benzene rings is 2. The Bertz CT molecular complexity index is 765. The molecule has 0 aromatic heterocycles. The lowest BCUT2D eigenvalue weighted by molar-refractivity contribution is -0.103. The van der Waals surface area contributed by atoms with Crippen LogP contribution < -0.4 is 10.4 Å². The molecule has 1 aliphatic heterocycles. The molecule has 1 heterocycles. The van der Waals surface area contributed by atoms with Crippen molar-refractivity contribution in [3.8, 4) is 0 Å². The van der Waals surface area contributed by atoms with Crippen LogP contribution in [0.1, 0.15) is 20.8 Å². The third-order valence-corrected chi connectivity index (χ3v) is 10.1. The molecule has 1 fully saturated rings. The summed E-state index contributed by atoms with van der Waals surface area (Å²) in [6.45, 7) is 6.62. The first kappa shape index (κ1) is 19.6. The van der Waals surface area contributed by atoms with Crippen molar-refractivity contribution in [3.05, 3.63) is 71.1 Å². The van der Waals surface area contributed by atoms with Crippen molar-refractivity contribution in [3.63, 3.8) is 0 Å². The smallest absolute Gasteiger partial charge is 0.261 e. The molecule has 1 unspecified atom stereocenters. The van der Waals surface area contributed by atoms with Gasteiger partial charge in [-0.05, 0) is 20.9 Å². The van der Waals surface area contributed by atoms with E-state index >= 15 is 0 Å². The Morgan fingerprint density at radius 1 is 1.07 bits per heavy atom. The fourth-order valence-corrected chi connectivity index (χ4v) is 8.47. The number of hydrogen-bond donors (Lipinski definition) is 1. The van der Waals surface area contributed by atoms with Gasteiger partial charge in [-0.1, -0.05) is 86.5 Å². The summed E-state index contributed by atoms with van der Waals surface area (Å²) in [4.78, 5) is 2.91. The molecule has 3 rings (SSSR count). The van der Waals surface area contributed by atoms with Crippen molar-refractivity contribution < 1.29 is 14.3 Å². The zero-order chi connectivity index (χ0) is 19.5. The maximum atomic E-state index is 10.4. The van der Waals surface area contributed by atoms with Gasteiger partial charge in [0.1, 0.15) is 6.10 Å². The molecule has 27 heavy (non-hydrogen) atoms. The van der Waals surface area contributed by atoms with Crippen LogP contribution >= 0.6 is 0 Å². The predicted octanol–water partition coefficient (Wildman–Crippen LogP) is 2.96. The minimum absolute atomic E-state index is 0.147. The largest absolute Gasteiger partial charge is 0.399 e. The number of rotatable bonds is 5. The van der Waals surface area contributed by atoms with Gasteiger partial charge >= 0.3 is 0 Å². The standard InChI is InChI=1S/C20H25N3O3Si/c1-20(2,3)27(15-10-6-4-7-11-15,16-12-8-5-9-13-16)26-18-17(22-23-21)14-25-19(18)24/h4-13,17-19,24H,14H2,1-3H3/t17-,18+,19?/m1/s1. The van der Waals surface area contributed by atoms with Gasteiger partial charge in [0.15, 0.2) is 6.29 Å². The third kappa shape index (κ3) is 3.65. The lowest BCUT2D eigenvalue weighted by Gasteiger charge is -2.45. The molecule has 1 N–H and O–H groups in total. The highest BCUT2D eigenvalue weighted by atomic mass is 28.4. The molecule has 0 radical (unpaired) electrons. The Morgan fingerprint density at radius 3 is 2.04 bits per heavy atom. The van der Waals surface area contributed by atoms with E-state index in [0.29, 0.717) is 0 Å². The van der Waals surface area contributed by atoms with Crippen molar-refractivity contribution >= 4 is 18.7 Å². The number of aliphatic hydroxyl groups is 1. The Morgan fingerprint density at radius 2 is 1.59 bits per heavy atom. The van der Waals surface area contributed by atoms with Crippen LogP contribution in [-0.4, -0.2) is 38.5 Å². The molecule has 7 heteroatoms. The number of ether oxygens (including phenoxy) is 1. The first-order valence-electron chi connectivity index (χ1n) is 9.03. The van der Waals surface area contributed by atoms with E-state index in [0.717, 1.165) is 10.4 Å². The SMILES string of the molecule is CC(C)(C)[Si](O[C@@H]1C(O)OC[C@H]1N=[N+]=[N-])(c1ccccc1)c1ccccc1. The van der Waals surface area contributed by atoms with Gasteiger partial charge < -0.3 is 14.3 Å². The Hall–Kier alpha value is -2.15. The highest BCUT2D eigenvalue weighted by molar-refractivity contribution is 6.99. The van der Waals surface area contributed by atoms with Gasteiger partial charge in [0.25, 0.3) is 8.32 Å². The lowest BCUT2D eigenvalue weighted by atomic mass is 10.2. The van der Waals surface area contributed by atoms with Crippen LogP contribution in [-0.2, 0) is 9.16 Å². The van der Waals surface area contributed by atoms with Crippen molar-refractivity contribution in [2.75, 3.05) is 6.61 Å². The van der Waals surface area contributed by atoms with Gasteiger partial charge in [-0.15, -0.1) is 0 Å². The summed E-state index contributed by atoms with van der Waals surface area (Å²) in [7, 11) is -2.85. The summed E-state index contributed by atoms with van der Waals surface area (Å²) >= 11 is 0. The summed E-state index contributed by atoms with van der Waals surface area (Å²) in [6.07, 6.45) is -1.84. The second-order valence-corrected chi connectivity index (χ2v) is 12.0. The Labute approximate surface area is 160 Å². The van der Waals surface area contributed by atoms with E-state index in [9.17, 15) is 5.11 Å². The molecular formula is C20H25N3O3Si. The molecule has 0 saturated carbocycles. The third-order valence-electron chi connectivity index (χ3n) is 5.03. The molecule has 0 bridgehead atoms. The average Bonchev–Trinajstić information content (AvgIpc) is 3.00. The highest BCUT2D eigenvalue weighted by Gasteiger charge is 2.54. The van der Waals surface area contributed by atoms with Crippen LogP contribution in [0.3, 0.4) is 0 Å². The minimum atomic E-state index is -2.85. The highest BCUT2D eigenvalue weighted by Crippen LogP contribution is 2.39. The van der Waals surface area contributed by atoms with E-state index in [1.54, 1.807) is 0 Å². The van der Waals surface area contributed by atoms with Gasteiger partial charge in [0, 0.05) is 4.91 Å². The summed E-state index contributed by atoms with van der Waals surface area (Å²) < 4.78 is 12.2. The van der Waals surface area contributed by atoms with Crippen LogP contribution in [0.5, 0.6) is 0 Å². The van der Waals surface area contributed by atoms with Gasteiger partial charge in [-0.3, -0.25) is 0 Å². The van der Waals surface area contributed by atoms with E-state index in [-0.39, 0.29) is 11.6 Å². The maximum absolute atomic E-state index is 10.4. The molecule has 6 nitrogen and oxygen atoms in total. The second kappa shape index (κ2) is 7.84. The quantitative estimate of drug-likeness (QED) is 0.373. The Kier molecular flexibility index (Phi) is 5.69. The second-order valence-electron chi connectivity index (χ2n) is 7.74. The molecule has 1 saturated heterocycles. The maximum Gasteiger partial charge on any atom is 0.261 e. The van der Waals surface area contributed by atoms with Gasteiger partial charge in [-0.2, -0.15) is 0 Å². The van der Waals surface area contributed by atoms with E-state index in [1.165, 1.54) is 0 Å². The fraction of sp³-hybridized carbons (Fsp3) is 0.400. The molecule has 1 aliphatic rings. The monoisotopic (exact) mass is 383 g/mol. The molecular weight excluding hydrogens is 358 g/mol. The molecule has 3 atom stereocenters. The number of nitrogens with zero attached hydrogens (tertiary/aromatic N) is 3. The van der Waals surface area contributed by atoms with Gasteiger partial charge in [-0.25, -0.2) is 0 Å². The summed E-state index contributed by atoms with van der Waals surface area (Å²) in [5, 5.41) is 16.2. The van der Waals surface area contributed by atoms with Crippen molar-refractivity contribution in [2.45, 2.75) is 44.2 Å². The van der Waals surface area contributed by atoms with Crippen molar-refractivity contribution in [1.29, 1.82) is 0 Å². The lowest BCUT2D eigenvalue weighted by Crippen LogP contribution is -2.68. The van der Waals surface area contributed by atoms with Crippen molar-refractivity contribution in [2.24, 2.45) is 5.11 Å². The number of hydrogen-bond acceptors (Lipinski definition) is 4. The summed E-state index contributed by atoms with van der Waals surface area (Å²) in [6, 6.07) is 19.7. The van der Waals surface area contributed by atoms with Gasteiger partial charge in [0.2, 0.25) is 0 Å². The summed E-state index contributed by atoms with van der Waals surface area (Å²) in [5.41, 5.74) is 8.90. The zero-order valence-corrected chi connectivity index (χ0v) is 16.8. The van der Waals surface area contributed by atoms with Crippen LogP contribution in [0.4, 0.5) is 0 Å². The van der Waals surface area contributed by atoms with Crippen LogP contribution in [0.25, 0.3) is 10.4 Å². The normalized spacial score (nSPS) is 23.0. The van der Waals surface area contributed by atoms with Crippen LogP contribution in [0.2, 0.25) is 5.04 Å².